The highest BCUT2D eigenvalue weighted by Crippen LogP contribution is 2.13. The van der Waals surface area contributed by atoms with E-state index in [1.807, 2.05) is 0 Å². The van der Waals surface area contributed by atoms with Crippen LogP contribution in [0.15, 0.2) is 0 Å². The van der Waals surface area contributed by atoms with Crippen molar-refractivity contribution in [1.29, 1.82) is 0 Å². The first-order valence-corrected chi connectivity index (χ1v) is 10.1. The Kier molecular flexibility index (Phi) is 19.0. The molecule has 0 aliphatic heterocycles. The highest BCUT2D eigenvalue weighted by Gasteiger charge is 1.96. The van der Waals surface area contributed by atoms with Gasteiger partial charge in [-0.2, -0.15) is 4.89 Å². The average Bonchev–Trinajstić information content (AvgIpc) is 2.53. The summed E-state index contributed by atoms with van der Waals surface area (Å²) in [5.41, 5.74) is 0. The molecule has 0 spiro atoms. The number of unbranched alkanes of at least 4 members (excludes halogenated alkanes) is 15. The van der Waals surface area contributed by atoms with E-state index in [4.69, 9.17) is 4.89 Å². The van der Waals surface area contributed by atoms with Crippen LogP contribution in [0.5, 0.6) is 0 Å². The molecule has 0 bridgehead atoms. The first kappa shape index (κ1) is 22.4. The number of carbonyl (C=O) groups excluding carboxylic acids is 1. The summed E-state index contributed by atoms with van der Waals surface area (Å²) in [7, 11) is 0. The lowest BCUT2D eigenvalue weighted by molar-refractivity contribution is -0.270. The molecule has 0 aliphatic carbocycles. The molecule has 0 saturated carbocycles. The molecule has 0 amide bonds. The highest BCUT2D eigenvalue weighted by molar-refractivity contribution is 5.65. The van der Waals surface area contributed by atoms with Gasteiger partial charge in [-0.15, -0.1) is 0 Å². The van der Waals surface area contributed by atoms with E-state index in [1.54, 1.807) is 0 Å². The third-order valence-corrected chi connectivity index (χ3v) is 4.26. The molecular formula is C20H40O3. The summed E-state index contributed by atoms with van der Waals surface area (Å²) in [6.07, 6.45) is 21.7. The highest BCUT2D eigenvalue weighted by atomic mass is 17.2. The lowest BCUT2D eigenvalue weighted by Gasteiger charge is -2.04. The van der Waals surface area contributed by atoms with Crippen molar-refractivity contribution in [2.45, 2.75) is 117 Å². The third-order valence-electron chi connectivity index (χ3n) is 4.26. The van der Waals surface area contributed by atoms with E-state index >= 15 is 0 Å². The molecule has 23 heavy (non-hydrogen) atoms. The fraction of sp³-hybridized carbons (Fsp3) is 0.950. The maximum Gasteiger partial charge on any atom is 0.339 e. The zero-order valence-electron chi connectivity index (χ0n) is 15.7. The summed E-state index contributed by atoms with van der Waals surface area (Å²) >= 11 is 0. The largest absolute Gasteiger partial charge is 0.339 e. The lowest BCUT2D eigenvalue weighted by Crippen LogP contribution is -2.01. The maximum absolute atomic E-state index is 10.5. The molecule has 0 radical (unpaired) electrons. The lowest BCUT2D eigenvalue weighted by atomic mass is 10.0. The van der Waals surface area contributed by atoms with Gasteiger partial charge >= 0.3 is 5.97 Å². The molecule has 0 fully saturated rings. The van der Waals surface area contributed by atoms with Crippen molar-refractivity contribution in [1.82, 2.24) is 0 Å². The molecule has 0 atom stereocenters. The zero-order chi connectivity index (χ0) is 17.0. The van der Waals surface area contributed by atoms with Crippen molar-refractivity contribution in [3.63, 3.8) is 0 Å². The molecule has 138 valence electrons. The van der Waals surface area contributed by atoms with Gasteiger partial charge in [0.25, 0.3) is 0 Å². The molecule has 0 rings (SSSR count). The van der Waals surface area contributed by atoms with Gasteiger partial charge in [0.05, 0.1) is 6.61 Å². The monoisotopic (exact) mass is 328 g/mol. The maximum atomic E-state index is 10.5. The topological polar surface area (TPSA) is 35.5 Å². The van der Waals surface area contributed by atoms with Gasteiger partial charge in [-0.3, -0.25) is 4.89 Å². The van der Waals surface area contributed by atoms with Crippen LogP contribution in [0.25, 0.3) is 0 Å². The van der Waals surface area contributed by atoms with Gasteiger partial charge in [0.2, 0.25) is 0 Å². The third kappa shape index (κ3) is 21.4. The average molecular weight is 329 g/mol. The van der Waals surface area contributed by atoms with Gasteiger partial charge in [0.15, 0.2) is 0 Å². The van der Waals surface area contributed by atoms with Gasteiger partial charge in [-0.25, -0.2) is 4.79 Å². The molecular weight excluding hydrogens is 288 g/mol. The van der Waals surface area contributed by atoms with Crippen LogP contribution in [0, 0.1) is 0 Å². The smallest absolute Gasteiger partial charge is 0.299 e. The Morgan fingerprint density at radius 1 is 0.609 bits per heavy atom. The molecule has 0 aromatic heterocycles. The van der Waals surface area contributed by atoms with Crippen molar-refractivity contribution < 1.29 is 14.6 Å². The second kappa shape index (κ2) is 19.5. The number of hydrogen-bond acceptors (Lipinski definition) is 3. The van der Waals surface area contributed by atoms with Crippen LogP contribution in [0.4, 0.5) is 0 Å². The number of carbonyl (C=O) groups is 1. The van der Waals surface area contributed by atoms with E-state index in [1.165, 1.54) is 103 Å². The molecule has 0 heterocycles. The molecule has 0 unspecified atom stereocenters. The number of hydrogen-bond donors (Lipinski definition) is 0. The minimum atomic E-state index is -0.374. The first-order chi connectivity index (χ1) is 11.3. The van der Waals surface area contributed by atoms with Gasteiger partial charge in [0, 0.05) is 6.92 Å². The molecule has 3 nitrogen and oxygen atoms in total. The van der Waals surface area contributed by atoms with Crippen LogP contribution >= 0.6 is 0 Å². The van der Waals surface area contributed by atoms with Crippen molar-refractivity contribution in [3.8, 4) is 0 Å². The van der Waals surface area contributed by atoms with E-state index in [0.717, 1.165) is 6.42 Å². The first-order valence-electron chi connectivity index (χ1n) is 10.1. The minimum absolute atomic E-state index is 0.374. The second-order valence-corrected chi connectivity index (χ2v) is 6.70. The van der Waals surface area contributed by atoms with Crippen molar-refractivity contribution in [2.75, 3.05) is 6.61 Å². The van der Waals surface area contributed by atoms with E-state index < -0.39 is 0 Å². The minimum Gasteiger partial charge on any atom is -0.299 e. The SMILES string of the molecule is CCCCCCCCCCCCCCCCCCOOC(C)=O. The zero-order valence-corrected chi connectivity index (χ0v) is 15.7. The van der Waals surface area contributed by atoms with Crippen molar-refractivity contribution >= 4 is 5.97 Å². The van der Waals surface area contributed by atoms with Gasteiger partial charge < -0.3 is 0 Å². The van der Waals surface area contributed by atoms with Crippen LogP contribution < -0.4 is 0 Å². The fourth-order valence-electron chi connectivity index (χ4n) is 2.83. The van der Waals surface area contributed by atoms with Crippen LogP contribution in [0.3, 0.4) is 0 Å². The van der Waals surface area contributed by atoms with E-state index in [2.05, 4.69) is 11.8 Å². The molecule has 0 saturated heterocycles. The summed E-state index contributed by atoms with van der Waals surface area (Å²) in [6.45, 7) is 4.16. The predicted octanol–water partition coefficient (Wildman–Crippen LogP) is 6.74. The normalized spacial score (nSPS) is 10.9. The van der Waals surface area contributed by atoms with Gasteiger partial charge in [-0.05, 0) is 6.42 Å². The van der Waals surface area contributed by atoms with E-state index in [-0.39, 0.29) is 5.97 Å². The quantitative estimate of drug-likeness (QED) is 0.159. The fourth-order valence-corrected chi connectivity index (χ4v) is 2.83. The summed E-state index contributed by atoms with van der Waals surface area (Å²) < 4.78 is 0. The Hall–Kier alpha value is -0.570. The van der Waals surface area contributed by atoms with Crippen LogP contribution in [-0.4, -0.2) is 12.6 Å². The Morgan fingerprint density at radius 2 is 0.957 bits per heavy atom. The van der Waals surface area contributed by atoms with E-state index in [9.17, 15) is 4.79 Å². The predicted molar refractivity (Wildman–Crippen MR) is 97.3 cm³/mol. The Balaban J connectivity index is 2.96. The number of rotatable bonds is 18. The molecule has 0 aromatic carbocycles. The van der Waals surface area contributed by atoms with Crippen LogP contribution in [0.1, 0.15) is 117 Å². The summed E-state index contributed by atoms with van der Waals surface area (Å²) in [6, 6.07) is 0. The molecule has 0 aromatic rings. The Labute approximate surface area is 144 Å². The van der Waals surface area contributed by atoms with E-state index in [0.29, 0.717) is 6.61 Å². The summed E-state index contributed by atoms with van der Waals surface area (Å²) in [5.74, 6) is -0.374. The van der Waals surface area contributed by atoms with Crippen molar-refractivity contribution in [3.05, 3.63) is 0 Å². The molecule has 0 N–H and O–H groups in total. The second-order valence-electron chi connectivity index (χ2n) is 6.70. The van der Waals surface area contributed by atoms with Crippen LogP contribution in [0.2, 0.25) is 0 Å². The molecule has 0 aliphatic rings. The Morgan fingerprint density at radius 3 is 1.30 bits per heavy atom. The van der Waals surface area contributed by atoms with Crippen LogP contribution in [-0.2, 0) is 14.6 Å². The van der Waals surface area contributed by atoms with Crippen molar-refractivity contribution in [2.24, 2.45) is 0 Å². The summed E-state index contributed by atoms with van der Waals surface area (Å²) in [4.78, 5) is 19.7. The Bertz CT molecular complexity index is 241. The standard InChI is InChI=1S/C20H40O3/c1-3-4-5-6-7-8-9-10-11-12-13-14-15-16-17-18-19-22-23-20(2)21/h3-19H2,1-2H3. The molecule has 3 heteroatoms. The van der Waals surface area contributed by atoms with Gasteiger partial charge in [0.1, 0.15) is 0 Å². The summed E-state index contributed by atoms with van der Waals surface area (Å²) in [5, 5.41) is 0. The van der Waals surface area contributed by atoms with Gasteiger partial charge in [-0.1, -0.05) is 103 Å².